The van der Waals surface area contributed by atoms with Crippen LogP contribution in [0.3, 0.4) is 0 Å². The Morgan fingerprint density at radius 3 is 2.05 bits per heavy atom. The minimum Gasteiger partial charge on any atom is -0.456 e. The maximum atomic E-state index is 13.7. The van der Waals surface area contributed by atoms with Gasteiger partial charge in [-0.25, -0.2) is 22.4 Å². The third kappa shape index (κ3) is 3.86. The van der Waals surface area contributed by atoms with Crippen molar-refractivity contribution in [2.45, 2.75) is 0 Å². The fraction of sp³-hybridized carbons (Fsp3) is 0.417. The highest BCUT2D eigenvalue weighted by molar-refractivity contribution is 5.90. The van der Waals surface area contributed by atoms with Gasteiger partial charge in [0.25, 0.3) is 0 Å². The molecule has 0 N–H and O–H groups in total. The van der Waals surface area contributed by atoms with Crippen LogP contribution in [0, 0.1) is 23.3 Å². The summed E-state index contributed by atoms with van der Waals surface area (Å²) in [5, 5.41) is 2.52. The minimum absolute atomic E-state index is 0.206. The zero-order valence-corrected chi connectivity index (χ0v) is 12.0. The lowest BCUT2D eigenvalue weighted by Gasteiger charge is -2.23. The lowest BCUT2D eigenvalue weighted by atomic mass is 10.1. The molecular formula is C12H13F4N4O2+. The molecule has 0 unspecified atom stereocenters. The first-order valence-electron chi connectivity index (χ1n) is 5.98. The van der Waals surface area contributed by atoms with Crippen LogP contribution in [0.5, 0.6) is 0 Å². The summed E-state index contributed by atoms with van der Waals surface area (Å²) in [6, 6.07) is 0. The number of halogens is 4. The van der Waals surface area contributed by atoms with Gasteiger partial charge in [-0.05, 0) is 5.53 Å². The van der Waals surface area contributed by atoms with Crippen LogP contribution in [-0.2, 0) is 4.74 Å². The molecule has 0 aliphatic heterocycles. The first kappa shape index (κ1) is 17.7. The van der Waals surface area contributed by atoms with Crippen LogP contribution in [0.4, 0.5) is 23.2 Å². The van der Waals surface area contributed by atoms with Gasteiger partial charge in [-0.1, -0.05) is 5.11 Å². The normalized spacial score (nSPS) is 11.0. The van der Waals surface area contributed by atoms with Crippen LogP contribution in [0.1, 0.15) is 10.4 Å². The zero-order valence-electron chi connectivity index (χ0n) is 12.0. The Bertz CT molecular complexity index is 623. The molecule has 0 saturated carbocycles. The molecule has 120 valence electrons. The van der Waals surface area contributed by atoms with Crippen molar-refractivity contribution in [1.82, 2.24) is 0 Å². The Morgan fingerprint density at radius 2 is 1.64 bits per heavy atom. The van der Waals surface area contributed by atoms with Gasteiger partial charge in [0, 0.05) is 4.91 Å². The average Bonchev–Trinajstić information content (AvgIpc) is 2.40. The molecule has 0 fully saturated rings. The molecule has 0 saturated heterocycles. The van der Waals surface area contributed by atoms with Crippen LogP contribution in [-0.4, -0.2) is 44.7 Å². The molecule has 22 heavy (non-hydrogen) atoms. The van der Waals surface area contributed by atoms with E-state index in [1.807, 2.05) is 0 Å². The van der Waals surface area contributed by atoms with E-state index in [4.69, 9.17) is 5.53 Å². The van der Waals surface area contributed by atoms with Gasteiger partial charge in [-0.15, -0.1) is 0 Å². The summed E-state index contributed by atoms with van der Waals surface area (Å²) >= 11 is 0. The van der Waals surface area contributed by atoms with E-state index in [9.17, 15) is 22.4 Å². The van der Waals surface area contributed by atoms with Gasteiger partial charge in [-0.2, -0.15) is 0 Å². The average molecular weight is 321 g/mol. The van der Waals surface area contributed by atoms with Gasteiger partial charge in [0.05, 0.1) is 21.1 Å². The van der Waals surface area contributed by atoms with Crippen LogP contribution in [0.2, 0.25) is 0 Å². The Hall–Kier alpha value is -2.32. The first-order valence-corrected chi connectivity index (χ1v) is 5.98. The maximum absolute atomic E-state index is 13.7. The molecule has 1 rings (SSSR count). The Balaban J connectivity index is 3.15. The van der Waals surface area contributed by atoms with E-state index in [1.165, 1.54) is 0 Å². The number of ether oxygens (including phenoxy) is 1. The molecule has 0 heterocycles. The molecule has 0 atom stereocenters. The fourth-order valence-corrected chi connectivity index (χ4v) is 1.42. The number of azide groups is 1. The molecule has 0 spiro atoms. The standard InChI is InChI=1S/C12H13F4N4O2/c1-20(2,3)4-5-22-12(21)6-7(13)9(15)11(18-19-17)10(16)8(6)14/h4-5H2,1-3H3/q+1. The monoisotopic (exact) mass is 321 g/mol. The smallest absolute Gasteiger partial charge is 0.344 e. The first-order chi connectivity index (χ1) is 10.1. The van der Waals surface area contributed by atoms with E-state index in [2.05, 4.69) is 14.8 Å². The number of carbonyl (C=O) groups is 1. The molecule has 0 aliphatic rings. The van der Waals surface area contributed by atoms with E-state index in [1.54, 1.807) is 21.1 Å². The molecule has 1 aromatic carbocycles. The van der Waals surface area contributed by atoms with Gasteiger partial charge in [0.1, 0.15) is 24.4 Å². The highest BCUT2D eigenvalue weighted by Gasteiger charge is 2.30. The second-order valence-electron chi connectivity index (χ2n) is 5.32. The Kier molecular flexibility index (Phi) is 5.34. The number of quaternary nitrogens is 1. The zero-order chi connectivity index (χ0) is 17.1. The summed E-state index contributed by atoms with van der Waals surface area (Å²) in [5.41, 5.74) is 5.12. The summed E-state index contributed by atoms with van der Waals surface area (Å²) < 4.78 is 59.3. The second kappa shape index (κ2) is 6.63. The number of carbonyl (C=O) groups excluding carboxylic acids is 1. The largest absolute Gasteiger partial charge is 0.456 e. The lowest BCUT2D eigenvalue weighted by Crippen LogP contribution is -2.38. The number of esters is 1. The highest BCUT2D eigenvalue weighted by Crippen LogP contribution is 2.30. The van der Waals surface area contributed by atoms with Gasteiger partial charge < -0.3 is 9.22 Å². The molecule has 0 aromatic heterocycles. The van der Waals surface area contributed by atoms with Gasteiger partial charge >= 0.3 is 5.97 Å². The summed E-state index contributed by atoms with van der Waals surface area (Å²) in [5.74, 6) is -9.42. The summed E-state index contributed by atoms with van der Waals surface area (Å²) in [6.45, 7) is 0.110. The van der Waals surface area contributed by atoms with Crippen molar-refractivity contribution in [2.24, 2.45) is 5.11 Å². The van der Waals surface area contributed by atoms with Gasteiger partial charge in [0.2, 0.25) is 0 Å². The number of nitrogens with zero attached hydrogens (tertiary/aromatic N) is 4. The van der Waals surface area contributed by atoms with Crippen LogP contribution < -0.4 is 0 Å². The fourth-order valence-electron chi connectivity index (χ4n) is 1.42. The van der Waals surface area contributed by atoms with E-state index in [0.717, 1.165) is 0 Å². The number of likely N-dealkylation sites (N-methyl/N-ethyl adjacent to an activating group) is 1. The number of benzene rings is 1. The van der Waals surface area contributed by atoms with E-state index in [0.29, 0.717) is 11.0 Å². The molecular weight excluding hydrogens is 308 g/mol. The second-order valence-corrected chi connectivity index (χ2v) is 5.32. The molecule has 10 heteroatoms. The highest BCUT2D eigenvalue weighted by atomic mass is 19.2. The van der Waals surface area contributed by atoms with Crippen molar-refractivity contribution in [1.29, 1.82) is 0 Å². The molecule has 6 nitrogen and oxygen atoms in total. The van der Waals surface area contributed by atoms with E-state index in [-0.39, 0.29) is 6.61 Å². The number of hydrogen-bond acceptors (Lipinski definition) is 3. The third-order valence-corrected chi connectivity index (χ3v) is 2.58. The summed E-state index contributed by atoms with van der Waals surface area (Å²) in [4.78, 5) is 13.7. The van der Waals surface area contributed by atoms with Crippen LogP contribution in [0.25, 0.3) is 10.4 Å². The number of hydrogen-bond donors (Lipinski definition) is 0. The molecule has 1 aromatic rings. The summed E-state index contributed by atoms with van der Waals surface area (Å²) in [7, 11) is 5.34. The maximum Gasteiger partial charge on any atom is 0.344 e. The number of rotatable bonds is 5. The molecule has 0 radical (unpaired) electrons. The predicted octanol–water partition coefficient (Wildman–Crippen LogP) is 3.05. The predicted molar refractivity (Wildman–Crippen MR) is 68.3 cm³/mol. The Morgan fingerprint density at radius 1 is 1.14 bits per heavy atom. The SMILES string of the molecule is C[N+](C)(C)CCOC(=O)c1c(F)c(F)c(N=[N+]=[N-])c(F)c1F. The van der Waals surface area contributed by atoms with Crippen molar-refractivity contribution in [2.75, 3.05) is 34.3 Å². The van der Waals surface area contributed by atoms with Crippen molar-refractivity contribution in [3.05, 3.63) is 39.3 Å². The van der Waals surface area contributed by atoms with Crippen LogP contribution >= 0.6 is 0 Å². The van der Waals surface area contributed by atoms with Crippen LogP contribution in [0.15, 0.2) is 5.11 Å². The van der Waals surface area contributed by atoms with E-state index < -0.39 is 40.5 Å². The summed E-state index contributed by atoms with van der Waals surface area (Å²) in [6.07, 6.45) is 0. The van der Waals surface area contributed by atoms with Crippen molar-refractivity contribution in [3.8, 4) is 0 Å². The lowest BCUT2D eigenvalue weighted by molar-refractivity contribution is -0.870. The van der Waals surface area contributed by atoms with Crippen molar-refractivity contribution < 1.29 is 31.6 Å². The molecule has 0 bridgehead atoms. The molecule has 0 aliphatic carbocycles. The topological polar surface area (TPSA) is 75.1 Å². The third-order valence-electron chi connectivity index (χ3n) is 2.58. The van der Waals surface area contributed by atoms with E-state index >= 15 is 0 Å². The Labute approximate surface area is 123 Å². The van der Waals surface area contributed by atoms with Crippen molar-refractivity contribution >= 4 is 11.7 Å². The molecule has 0 amide bonds. The van der Waals surface area contributed by atoms with Gasteiger partial charge in [-0.3, -0.25) is 0 Å². The van der Waals surface area contributed by atoms with Crippen molar-refractivity contribution in [3.63, 3.8) is 0 Å². The van der Waals surface area contributed by atoms with Gasteiger partial charge in [0.15, 0.2) is 23.3 Å². The minimum atomic E-state index is -1.98. The quantitative estimate of drug-likeness (QED) is 0.159.